The smallest absolute Gasteiger partial charge is 0.361 e. The van der Waals surface area contributed by atoms with Crippen LogP contribution >= 0.6 is 11.6 Å². The molecule has 23 heavy (non-hydrogen) atoms. The van der Waals surface area contributed by atoms with Crippen LogP contribution in [0.2, 0.25) is 5.02 Å². The molecule has 1 aromatic heterocycles. The number of amides is 1. The first-order valence-corrected chi connectivity index (χ1v) is 7.64. The Hall–Kier alpha value is -2.34. The lowest BCUT2D eigenvalue weighted by Crippen LogP contribution is -2.17. The molecule has 0 fully saturated rings. The largest absolute Gasteiger partial charge is 0.458 e. The predicted octanol–water partition coefficient (Wildman–Crippen LogP) is 3.37. The quantitative estimate of drug-likeness (QED) is 0.850. The Morgan fingerprint density at radius 2 is 2.04 bits per heavy atom. The number of carbonyl (C=O) groups excluding carboxylic acids is 2. The second-order valence-corrected chi connectivity index (χ2v) is 5.54. The maximum Gasteiger partial charge on any atom is 0.361 e. The number of nitrogens with zero attached hydrogens (tertiary/aromatic N) is 2. The van der Waals surface area contributed by atoms with Gasteiger partial charge in [-0.25, -0.2) is 4.79 Å². The summed E-state index contributed by atoms with van der Waals surface area (Å²) in [6.07, 6.45) is 1.31. The van der Waals surface area contributed by atoms with Crippen molar-refractivity contribution in [1.29, 1.82) is 0 Å². The zero-order valence-electron chi connectivity index (χ0n) is 13.2. The summed E-state index contributed by atoms with van der Waals surface area (Å²) in [6, 6.07) is 6.68. The third kappa shape index (κ3) is 4.10. The molecule has 0 aliphatic heterocycles. The molecule has 0 saturated carbocycles. The predicted molar refractivity (Wildman–Crippen MR) is 87.9 cm³/mol. The summed E-state index contributed by atoms with van der Waals surface area (Å²) < 4.78 is 6.71. The maximum atomic E-state index is 12.3. The molecule has 0 aliphatic carbocycles. The van der Waals surface area contributed by atoms with Crippen LogP contribution in [0, 0.1) is 0 Å². The average Bonchev–Trinajstić information content (AvgIpc) is 2.90. The third-order valence-electron chi connectivity index (χ3n) is 2.99. The van der Waals surface area contributed by atoms with Crippen molar-refractivity contribution in [2.24, 2.45) is 0 Å². The van der Waals surface area contributed by atoms with Crippen LogP contribution in [0.3, 0.4) is 0 Å². The van der Waals surface area contributed by atoms with Crippen molar-refractivity contribution in [2.45, 2.75) is 33.4 Å². The lowest BCUT2D eigenvalue weighted by molar-refractivity contribution is 0.0371. The first-order valence-electron chi connectivity index (χ1n) is 7.26. The van der Waals surface area contributed by atoms with Gasteiger partial charge in [0.05, 0.1) is 22.4 Å². The Morgan fingerprint density at radius 3 is 2.65 bits per heavy atom. The monoisotopic (exact) mass is 335 g/mol. The van der Waals surface area contributed by atoms with Crippen molar-refractivity contribution in [1.82, 2.24) is 9.78 Å². The fraction of sp³-hybridized carbons (Fsp3) is 0.312. The number of carbonyl (C=O) groups is 2. The highest BCUT2D eigenvalue weighted by Crippen LogP contribution is 2.20. The van der Waals surface area contributed by atoms with Crippen LogP contribution < -0.4 is 5.32 Å². The standard InChI is InChI=1S/C16H18ClN3O3/c1-4-20-9-13(14(19-20)16(22)23-10(2)3)18-15(21)11-7-5-6-8-12(11)17/h5-10H,4H2,1-3H3,(H,18,21). The van der Waals surface area contributed by atoms with E-state index in [2.05, 4.69) is 10.4 Å². The van der Waals surface area contributed by atoms with E-state index in [1.165, 1.54) is 0 Å². The van der Waals surface area contributed by atoms with E-state index in [4.69, 9.17) is 16.3 Å². The molecular formula is C16H18ClN3O3. The second-order valence-electron chi connectivity index (χ2n) is 5.14. The van der Waals surface area contributed by atoms with Crippen molar-refractivity contribution in [3.05, 3.63) is 46.7 Å². The van der Waals surface area contributed by atoms with E-state index in [1.54, 1.807) is 49.0 Å². The fourth-order valence-electron chi connectivity index (χ4n) is 1.93. The normalized spacial score (nSPS) is 10.7. The number of esters is 1. The molecule has 0 saturated heterocycles. The Morgan fingerprint density at radius 1 is 1.35 bits per heavy atom. The maximum absolute atomic E-state index is 12.3. The summed E-state index contributed by atoms with van der Waals surface area (Å²) in [7, 11) is 0. The van der Waals surface area contributed by atoms with Gasteiger partial charge in [-0.15, -0.1) is 0 Å². The SMILES string of the molecule is CCn1cc(NC(=O)c2ccccc2Cl)c(C(=O)OC(C)C)n1. The molecule has 7 heteroatoms. The van der Waals surface area contributed by atoms with Gasteiger partial charge < -0.3 is 10.1 Å². The van der Waals surface area contributed by atoms with Crippen LogP contribution in [-0.2, 0) is 11.3 Å². The van der Waals surface area contributed by atoms with Gasteiger partial charge in [0.2, 0.25) is 0 Å². The summed E-state index contributed by atoms with van der Waals surface area (Å²) in [6.45, 7) is 5.93. The van der Waals surface area contributed by atoms with Crippen LogP contribution in [0.5, 0.6) is 0 Å². The lowest BCUT2D eigenvalue weighted by atomic mass is 10.2. The summed E-state index contributed by atoms with van der Waals surface area (Å²) in [5, 5.41) is 7.15. The Balaban J connectivity index is 2.28. The van der Waals surface area contributed by atoms with E-state index in [0.29, 0.717) is 22.8 Å². The summed E-state index contributed by atoms with van der Waals surface area (Å²) in [5.74, 6) is -0.994. The number of hydrogen-bond acceptors (Lipinski definition) is 4. The van der Waals surface area contributed by atoms with Crippen molar-refractivity contribution in [3.63, 3.8) is 0 Å². The Kier molecular flexibility index (Phi) is 5.39. The molecule has 2 rings (SSSR count). The minimum atomic E-state index is -0.582. The van der Waals surface area contributed by atoms with E-state index >= 15 is 0 Å². The minimum Gasteiger partial charge on any atom is -0.458 e. The third-order valence-corrected chi connectivity index (χ3v) is 3.32. The second kappa shape index (κ2) is 7.28. The molecule has 2 aromatic rings. The highest BCUT2D eigenvalue weighted by Gasteiger charge is 2.21. The summed E-state index contributed by atoms with van der Waals surface area (Å²) >= 11 is 6.02. The summed E-state index contributed by atoms with van der Waals surface area (Å²) in [4.78, 5) is 24.5. The molecule has 1 heterocycles. The molecule has 0 atom stereocenters. The molecule has 1 N–H and O–H groups in total. The Labute approximate surface area is 139 Å². The van der Waals surface area contributed by atoms with Crippen LogP contribution in [0.15, 0.2) is 30.5 Å². The van der Waals surface area contributed by atoms with Gasteiger partial charge in [0, 0.05) is 12.7 Å². The van der Waals surface area contributed by atoms with Crippen LogP contribution in [0.25, 0.3) is 0 Å². The number of hydrogen-bond donors (Lipinski definition) is 1. The molecule has 0 bridgehead atoms. The zero-order chi connectivity index (χ0) is 17.0. The van der Waals surface area contributed by atoms with Gasteiger partial charge in [-0.2, -0.15) is 5.10 Å². The Bertz CT molecular complexity index is 725. The molecule has 122 valence electrons. The first-order chi connectivity index (χ1) is 10.9. The van der Waals surface area contributed by atoms with Crippen molar-refractivity contribution in [2.75, 3.05) is 5.32 Å². The van der Waals surface area contributed by atoms with Gasteiger partial charge in [-0.3, -0.25) is 9.48 Å². The molecule has 0 unspecified atom stereocenters. The van der Waals surface area contributed by atoms with Gasteiger partial charge in [0.15, 0.2) is 5.69 Å². The van der Waals surface area contributed by atoms with E-state index in [1.807, 2.05) is 6.92 Å². The molecule has 1 amide bonds. The number of anilines is 1. The minimum absolute atomic E-state index is 0.0703. The van der Waals surface area contributed by atoms with Crippen molar-refractivity contribution < 1.29 is 14.3 Å². The van der Waals surface area contributed by atoms with E-state index in [0.717, 1.165) is 0 Å². The van der Waals surface area contributed by atoms with Crippen LogP contribution in [0.4, 0.5) is 5.69 Å². The molecule has 0 radical (unpaired) electrons. The number of aryl methyl sites for hydroxylation is 1. The van der Waals surface area contributed by atoms with Gasteiger partial charge >= 0.3 is 5.97 Å². The van der Waals surface area contributed by atoms with E-state index in [9.17, 15) is 9.59 Å². The fourth-order valence-corrected chi connectivity index (χ4v) is 2.15. The number of nitrogens with one attached hydrogen (secondary N) is 1. The molecular weight excluding hydrogens is 318 g/mol. The van der Waals surface area contributed by atoms with Crippen LogP contribution in [-0.4, -0.2) is 27.8 Å². The number of rotatable bonds is 5. The molecule has 0 aliphatic rings. The topological polar surface area (TPSA) is 73.2 Å². The van der Waals surface area contributed by atoms with Crippen LogP contribution in [0.1, 0.15) is 41.6 Å². The van der Waals surface area contributed by atoms with Crippen molar-refractivity contribution >= 4 is 29.2 Å². The summed E-state index contributed by atoms with van der Waals surface area (Å²) in [5.41, 5.74) is 0.685. The van der Waals surface area contributed by atoms with E-state index in [-0.39, 0.29) is 11.8 Å². The van der Waals surface area contributed by atoms with Gasteiger partial charge in [-0.05, 0) is 32.9 Å². The van der Waals surface area contributed by atoms with Gasteiger partial charge in [0.25, 0.3) is 5.91 Å². The number of halogens is 1. The average molecular weight is 336 g/mol. The van der Waals surface area contributed by atoms with Gasteiger partial charge in [0.1, 0.15) is 0 Å². The number of ether oxygens (including phenoxy) is 1. The van der Waals surface area contributed by atoms with Gasteiger partial charge in [-0.1, -0.05) is 23.7 Å². The molecule has 0 spiro atoms. The molecule has 6 nitrogen and oxygen atoms in total. The van der Waals surface area contributed by atoms with Crippen molar-refractivity contribution in [3.8, 4) is 0 Å². The zero-order valence-corrected chi connectivity index (χ0v) is 13.9. The first kappa shape index (κ1) is 17.0. The number of benzene rings is 1. The molecule has 1 aromatic carbocycles. The highest BCUT2D eigenvalue weighted by molar-refractivity contribution is 6.34. The van der Waals surface area contributed by atoms with E-state index < -0.39 is 11.9 Å². The highest BCUT2D eigenvalue weighted by atomic mass is 35.5. The lowest BCUT2D eigenvalue weighted by Gasteiger charge is -2.08. The number of aromatic nitrogens is 2.